The van der Waals surface area contributed by atoms with Gasteiger partial charge in [-0.1, -0.05) is 30.7 Å². The van der Waals surface area contributed by atoms with Crippen LogP contribution in [0.1, 0.15) is 25.3 Å². The number of hydrogen-bond donors (Lipinski definition) is 2. The molecule has 2 rings (SSSR count). The van der Waals surface area contributed by atoms with Gasteiger partial charge in [0.1, 0.15) is 0 Å². The second-order valence-corrected chi connectivity index (χ2v) is 9.92. The average Bonchev–Trinajstić information content (AvgIpc) is 2.70. The maximum absolute atomic E-state index is 13.3. The summed E-state index contributed by atoms with van der Waals surface area (Å²) < 4.78 is 27.8. The maximum Gasteiger partial charge on any atom is 0.303 e. The number of carboxylic acids is 1. The predicted octanol–water partition coefficient (Wildman–Crippen LogP) is 3.51. The van der Waals surface area contributed by atoms with E-state index in [2.05, 4.69) is 0 Å². The summed E-state index contributed by atoms with van der Waals surface area (Å²) in [4.78, 5) is 22.4. The number of carboxylic acid groups (broad SMARTS) is 1. The normalized spacial score (nSPS) is 12.3. The highest BCUT2D eigenvalue weighted by Gasteiger charge is 2.27. The van der Waals surface area contributed by atoms with Gasteiger partial charge in [0, 0.05) is 11.4 Å². The van der Waals surface area contributed by atoms with E-state index >= 15 is 0 Å². The molecule has 7 nitrogen and oxygen atoms in total. The lowest BCUT2D eigenvalue weighted by atomic mass is 10.1. The fraction of sp³-hybridized carbons (Fsp3) is 0.300. The summed E-state index contributed by atoms with van der Waals surface area (Å²) in [7, 11) is -3.93. The quantitative estimate of drug-likeness (QED) is 0.485. The van der Waals surface area contributed by atoms with Crippen LogP contribution in [0, 0.1) is 0 Å². The number of amides is 1. The summed E-state index contributed by atoms with van der Waals surface area (Å²) in [5, 5.41) is 8.71. The summed E-state index contributed by atoms with van der Waals surface area (Å²) in [6.45, 7) is 1.80. The topological polar surface area (TPSA) is 118 Å². The fourth-order valence-corrected chi connectivity index (χ4v) is 5.52. The fourth-order valence-electron chi connectivity index (χ4n) is 2.66. The Morgan fingerprint density at radius 2 is 1.73 bits per heavy atom. The van der Waals surface area contributed by atoms with Gasteiger partial charge in [0.05, 0.1) is 21.7 Å². The van der Waals surface area contributed by atoms with E-state index in [9.17, 15) is 18.0 Å². The predicted molar refractivity (Wildman–Crippen MR) is 119 cm³/mol. The Kier molecular flexibility index (Phi) is 8.57. The molecule has 3 N–H and O–H groups in total. The second-order valence-electron chi connectivity index (χ2n) is 6.46. The monoisotopic (exact) mass is 470 g/mol. The number of carbonyl (C=O) groups is 2. The van der Waals surface area contributed by atoms with Crippen LogP contribution in [0.15, 0.2) is 53.4 Å². The van der Waals surface area contributed by atoms with Gasteiger partial charge in [0.25, 0.3) is 10.0 Å². The number of nitrogens with two attached hydrogens (primary N) is 1. The number of rotatable bonds is 11. The van der Waals surface area contributed by atoms with E-state index in [-0.39, 0.29) is 17.2 Å². The Morgan fingerprint density at radius 1 is 1.13 bits per heavy atom. The first kappa shape index (κ1) is 24.0. The zero-order valence-electron chi connectivity index (χ0n) is 16.3. The van der Waals surface area contributed by atoms with Crippen LogP contribution >= 0.6 is 23.4 Å². The average molecular weight is 471 g/mol. The number of halogens is 1. The zero-order valence-corrected chi connectivity index (χ0v) is 18.7. The summed E-state index contributed by atoms with van der Waals surface area (Å²) in [5.74, 6) is -1.42. The molecule has 0 radical (unpaired) electrons. The van der Waals surface area contributed by atoms with E-state index in [1.807, 2.05) is 0 Å². The molecule has 10 heteroatoms. The molecule has 0 aliphatic heterocycles. The third-order valence-electron chi connectivity index (χ3n) is 4.33. The molecule has 0 bridgehead atoms. The Morgan fingerprint density at radius 3 is 2.23 bits per heavy atom. The first-order chi connectivity index (χ1) is 14.1. The third kappa shape index (κ3) is 6.38. The summed E-state index contributed by atoms with van der Waals surface area (Å²) >= 11 is 7.02. The van der Waals surface area contributed by atoms with Crippen molar-refractivity contribution < 1.29 is 23.1 Å². The van der Waals surface area contributed by atoms with E-state index in [0.29, 0.717) is 23.6 Å². The van der Waals surface area contributed by atoms with Crippen molar-refractivity contribution in [3.8, 4) is 0 Å². The number of nitrogens with zero attached hydrogens (tertiary/aromatic N) is 1. The minimum atomic E-state index is -3.93. The van der Waals surface area contributed by atoms with Crippen molar-refractivity contribution in [3.05, 3.63) is 59.1 Å². The smallest absolute Gasteiger partial charge is 0.303 e. The van der Waals surface area contributed by atoms with Gasteiger partial charge in [-0.2, -0.15) is 0 Å². The lowest BCUT2D eigenvalue weighted by Gasteiger charge is -2.26. The molecule has 2 aromatic carbocycles. The van der Waals surface area contributed by atoms with Crippen molar-refractivity contribution in [2.24, 2.45) is 5.73 Å². The maximum atomic E-state index is 13.3. The van der Waals surface area contributed by atoms with Crippen LogP contribution in [0.4, 0.5) is 5.69 Å². The van der Waals surface area contributed by atoms with Crippen molar-refractivity contribution in [2.75, 3.05) is 10.2 Å². The molecule has 1 amide bonds. The highest BCUT2D eigenvalue weighted by molar-refractivity contribution is 8.02. The second kappa shape index (κ2) is 10.7. The van der Waals surface area contributed by atoms with Crippen molar-refractivity contribution in [1.29, 1.82) is 0 Å². The minimum Gasteiger partial charge on any atom is -0.481 e. The van der Waals surface area contributed by atoms with E-state index < -0.39 is 27.1 Å². The molecule has 0 fully saturated rings. The molecule has 0 aliphatic carbocycles. The third-order valence-corrected chi connectivity index (χ3v) is 7.91. The van der Waals surface area contributed by atoms with Crippen LogP contribution in [0.25, 0.3) is 0 Å². The summed E-state index contributed by atoms with van der Waals surface area (Å²) in [6.07, 6.45) is 0.801. The van der Waals surface area contributed by atoms with Crippen LogP contribution < -0.4 is 10.0 Å². The van der Waals surface area contributed by atoms with Crippen molar-refractivity contribution >= 4 is 50.9 Å². The molecule has 0 saturated heterocycles. The van der Waals surface area contributed by atoms with Gasteiger partial charge in [-0.25, -0.2) is 8.42 Å². The van der Waals surface area contributed by atoms with E-state index in [1.54, 1.807) is 31.2 Å². The van der Waals surface area contributed by atoms with Gasteiger partial charge >= 0.3 is 5.97 Å². The Balaban J connectivity index is 2.36. The minimum absolute atomic E-state index is 0.0130. The standard InChI is InChI=1S/C20H23ClN2O5S2/c1-2-18(20(22)26)29-13-23(30(27,28)17-10-6-15(21)7-11-17)16-8-3-14(4-9-16)5-12-19(24)25/h3-4,6-11,18H,2,5,12-13H2,1H3,(H2,22,26)(H,24,25)/t18-/m0/s1. The highest BCUT2D eigenvalue weighted by Crippen LogP contribution is 2.29. The number of hydrogen-bond acceptors (Lipinski definition) is 5. The van der Waals surface area contributed by atoms with Crippen molar-refractivity contribution in [1.82, 2.24) is 0 Å². The molecule has 2 aromatic rings. The van der Waals surface area contributed by atoms with Gasteiger partial charge in [0.2, 0.25) is 5.91 Å². The first-order valence-electron chi connectivity index (χ1n) is 9.15. The van der Waals surface area contributed by atoms with Crippen LogP contribution in [0.5, 0.6) is 0 Å². The number of sulfonamides is 1. The molecule has 0 aliphatic rings. The first-order valence-corrected chi connectivity index (χ1v) is 12.0. The van der Waals surface area contributed by atoms with E-state index in [0.717, 1.165) is 17.3 Å². The molecule has 1 atom stereocenters. The molecule has 0 saturated carbocycles. The molecule has 0 unspecified atom stereocenters. The van der Waals surface area contributed by atoms with Crippen LogP contribution in [-0.2, 0) is 26.0 Å². The molecular weight excluding hydrogens is 448 g/mol. The molecule has 0 aromatic heterocycles. The molecule has 0 spiro atoms. The van der Waals surface area contributed by atoms with Crippen molar-refractivity contribution in [3.63, 3.8) is 0 Å². The molecule has 30 heavy (non-hydrogen) atoms. The lowest BCUT2D eigenvalue weighted by molar-refractivity contribution is -0.137. The van der Waals surface area contributed by atoms with E-state index in [4.69, 9.17) is 22.4 Å². The largest absolute Gasteiger partial charge is 0.481 e. The number of anilines is 1. The summed E-state index contributed by atoms with van der Waals surface area (Å²) in [5.41, 5.74) is 6.57. The lowest BCUT2D eigenvalue weighted by Crippen LogP contribution is -2.33. The van der Waals surface area contributed by atoms with Gasteiger partial charge in [-0.3, -0.25) is 13.9 Å². The van der Waals surface area contributed by atoms with Gasteiger partial charge in [0.15, 0.2) is 0 Å². The number of carbonyl (C=O) groups excluding carboxylic acids is 1. The van der Waals surface area contributed by atoms with Crippen LogP contribution in [-0.4, -0.2) is 36.5 Å². The van der Waals surface area contributed by atoms with Gasteiger partial charge in [-0.15, -0.1) is 11.8 Å². The number of aliphatic carboxylic acids is 1. The number of aryl methyl sites for hydroxylation is 1. The SMILES string of the molecule is CC[C@H](SCN(c1ccc(CCC(=O)O)cc1)S(=O)(=O)c1ccc(Cl)cc1)C(N)=O. The van der Waals surface area contributed by atoms with Gasteiger partial charge < -0.3 is 10.8 Å². The number of thioether (sulfide) groups is 1. The Hall–Kier alpha value is -2.23. The Labute approximate surface area is 185 Å². The summed E-state index contributed by atoms with van der Waals surface area (Å²) in [6, 6.07) is 12.5. The molecule has 0 heterocycles. The zero-order chi connectivity index (χ0) is 22.3. The van der Waals surface area contributed by atoms with Gasteiger partial charge in [-0.05, 0) is 54.8 Å². The van der Waals surface area contributed by atoms with Crippen LogP contribution in [0.2, 0.25) is 5.02 Å². The molecule has 162 valence electrons. The Bertz CT molecular complexity index is 979. The highest BCUT2D eigenvalue weighted by atomic mass is 35.5. The molecular formula is C20H23ClN2O5S2. The number of benzene rings is 2. The van der Waals surface area contributed by atoms with Crippen molar-refractivity contribution in [2.45, 2.75) is 36.3 Å². The van der Waals surface area contributed by atoms with E-state index in [1.165, 1.54) is 28.6 Å². The number of primary amides is 1. The van der Waals surface area contributed by atoms with Crippen LogP contribution in [0.3, 0.4) is 0 Å².